The molecule has 4 rings (SSSR count). The van der Waals surface area contributed by atoms with Gasteiger partial charge in [-0.05, 0) is 67.6 Å². The number of para-hydroxylation sites is 1. The fourth-order valence-electron chi connectivity index (χ4n) is 3.33. The molecule has 3 aromatic carbocycles. The van der Waals surface area contributed by atoms with Crippen LogP contribution in [0.4, 0.5) is 5.69 Å². The number of fused-ring (bicyclic) bond motifs is 1. The molecule has 0 aliphatic heterocycles. The summed E-state index contributed by atoms with van der Waals surface area (Å²) in [7, 11) is 1.57. The van der Waals surface area contributed by atoms with Gasteiger partial charge in [-0.15, -0.1) is 0 Å². The summed E-state index contributed by atoms with van der Waals surface area (Å²) < 4.78 is 21.9. The Morgan fingerprint density at radius 2 is 1.48 bits per heavy atom. The second-order valence-electron chi connectivity index (χ2n) is 7.10. The molecule has 0 aliphatic carbocycles. The summed E-state index contributed by atoms with van der Waals surface area (Å²) in [6.07, 6.45) is 0. The van der Waals surface area contributed by atoms with E-state index in [4.69, 9.17) is 18.6 Å². The normalized spacial score (nSPS) is 10.6. The molecule has 0 radical (unpaired) electrons. The van der Waals surface area contributed by atoms with Crippen molar-refractivity contribution in [1.29, 1.82) is 0 Å². The number of furan rings is 1. The van der Waals surface area contributed by atoms with E-state index in [1.54, 1.807) is 73.8 Å². The molecule has 0 atom stereocenters. The predicted octanol–water partition coefficient (Wildman–Crippen LogP) is 5.09. The van der Waals surface area contributed by atoms with Crippen molar-refractivity contribution in [3.63, 3.8) is 0 Å². The third kappa shape index (κ3) is 4.98. The summed E-state index contributed by atoms with van der Waals surface area (Å²) in [5.41, 5.74) is 1.23. The number of hydrogen-bond donors (Lipinski definition) is 1. The van der Waals surface area contributed by atoms with Crippen molar-refractivity contribution in [2.45, 2.75) is 6.92 Å². The van der Waals surface area contributed by atoms with Crippen molar-refractivity contribution in [1.82, 2.24) is 0 Å². The molecule has 0 fully saturated rings. The van der Waals surface area contributed by atoms with E-state index in [9.17, 15) is 9.59 Å². The van der Waals surface area contributed by atoms with Gasteiger partial charge in [-0.3, -0.25) is 9.59 Å². The molecule has 4 aromatic rings. The Hall–Kier alpha value is -4.26. The van der Waals surface area contributed by atoms with Crippen LogP contribution in [0.2, 0.25) is 0 Å². The number of benzene rings is 3. The predicted molar refractivity (Wildman–Crippen MR) is 124 cm³/mol. The van der Waals surface area contributed by atoms with Crippen LogP contribution in [0, 0.1) is 0 Å². The highest BCUT2D eigenvalue weighted by Gasteiger charge is 2.23. The number of nitrogens with one attached hydrogen (secondary N) is 1. The Balaban J connectivity index is 1.55. The molecule has 7 nitrogen and oxygen atoms in total. The van der Waals surface area contributed by atoms with Gasteiger partial charge in [-0.2, -0.15) is 0 Å². The van der Waals surface area contributed by atoms with Gasteiger partial charge in [0, 0.05) is 10.9 Å². The molecule has 0 saturated heterocycles. The van der Waals surface area contributed by atoms with E-state index in [1.807, 2.05) is 13.0 Å². The maximum Gasteiger partial charge on any atom is 0.262 e. The summed E-state index contributed by atoms with van der Waals surface area (Å²) in [5, 5.41) is 3.41. The maximum atomic E-state index is 13.2. The first-order valence-corrected chi connectivity index (χ1v) is 10.4. The van der Waals surface area contributed by atoms with Gasteiger partial charge < -0.3 is 23.9 Å². The average molecular weight is 445 g/mol. The summed E-state index contributed by atoms with van der Waals surface area (Å²) in [6, 6.07) is 20.8. The standard InChI is InChI=1S/C26H23NO6/c1-3-31-19-10-8-17(9-11-19)25(29)26-24(21-6-4-5-7-22(21)33-26)27-23(28)16-32-20-14-12-18(30-2)13-15-20/h4-15H,3,16H2,1-2H3,(H,27,28). The fraction of sp³-hybridized carbons (Fsp3) is 0.154. The van der Waals surface area contributed by atoms with Crippen molar-refractivity contribution < 1.29 is 28.2 Å². The van der Waals surface area contributed by atoms with Crippen LogP contribution in [0.5, 0.6) is 17.2 Å². The van der Waals surface area contributed by atoms with Crippen LogP contribution in [0.1, 0.15) is 23.0 Å². The highest BCUT2D eigenvalue weighted by Crippen LogP contribution is 2.33. The van der Waals surface area contributed by atoms with Gasteiger partial charge in [0.25, 0.3) is 5.91 Å². The molecule has 1 aromatic heterocycles. The van der Waals surface area contributed by atoms with Crippen molar-refractivity contribution in [3.05, 3.63) is 84.1 Å². The van der Waals surface area contributed by atoms with E-state index in [2.05, 4.69) is 5.32 Å². The fourth-order valence-corrected chi connectivity index (χ4v) is 3.33. The molecule has 0 aliphatic rings. The maximum absolute atomic E-state index is 13.2. The minimum atomic E-state index is -0.418. The third-order valence-corrected chi connectivity index (χ3v) is 4.92. The van der Waals surface area contributed by atoms with Crippen LogP contribution >= 0.6 is 0 Å². The monoisotopic (exact) mass is 445 g/mol. The first kappa shape index (κ1) is 22.0. The minimum absolute atomic E-state index is 0.0538. The molecule has 0 bridgehead atoms. The van der Waals surface area contributed by atoms with Gasteiger partial charge in [0.05, 0.1) is 19.4 Å². The third-order valence-electron chi connectivity index (χ3n) is 4.92. The van der Waals surface area contributed by atoms with Crippen molar-refractivity contribution in [2.75, 3.05) is 25.6 Å². The quantitative estimate of drug-likeness (QED) is 0.361. The molecule has 0 saturated carbocycles. The molecular weight excluding hydrogens is 422 g/mol. The van der Waals surface area contributed by atoms with Crippen LogP contribution in [0.25, 0.3) is 11.0 Å². The molecule has 33 heavy (non-hydrogen) atoms. The van der Waals surface area contributed by atoms with Crippen molar-refractivity contribution in [2.24, 2.45) is 0 Å². The number of amides is 1. The molecule has 0 spiro atoms. The Bertz CT molecular complexity index is 1260. The highest BCUT2D eigenvalue weighted by molar-refractivity contribution is 6.17. The first-order chi connectivity index (χ1) is 16.1. The Morgan fingerprint density at radius 3 is 2.18 bits per heavy atom. The Kier molecular flexibility index (Phi) is 6.59. The number of hydrogen-bond acceptors (Lipinski definition) is 6. The van der Waals surface area contributed by atoms with E-state index < -0.39 is 5.91 Å². The van der Waals surface area contributed by atoms with Gasteiger partial charge in [-0.25, -0.2) is 0 Å². The van der Waals surface area contributed by atoms with Crippen LogP contribution in [-0.2, 0) is 4.79 Å². The second kappa shape index (κ2) is 9.91. The summed E-state index contributed by atoms with van der Waals surface area (Å²) in [4.78, 5) is 25.8. The van der Waals surface area contributed by atoms with Gasteiger partial charge in [0.2, 0.25) is 5.78 Å². The summed E-state index contributed by atoms with van der Waals surface area (Å²) in [6.45, 7) is 2.19. The summed E-state index contributed by atoms with van der Waals surface area (Å²) in [5.74, 6) is 1.17. The molecule has 7 heteroatoms. The van der Waals surface area contributed by atoms with E-state index >= 15 is 0 Å². The van der Waals surface area contributed by atoms with Gasteiger partial charge in [0.15, 0.2) is 12.4 Å². The molecule has 0 unspecified atom stereocenters. The Morgan fingerprint density at radius 1 is 0.848 bits per heavy atom. The number of methoxy groups -OCH3 is 1. The lowest BCUT2D eigenvalue weighted by Gasteiger charge is -2.09. The SMILES string of the molecule is CCOc1ccc(C(=O)c2oc3ccccc3c2NC(=O)COc2ccc(OC)cc2)cc1. The largest absolute Gasteiger partial charge is 0.497 e. The molecule has 1 heterocycles. The van der Waals surface area contributed by atoms with E-state index in [-0.39, 0.29) is 18.2 Å². The van der Waals surface area contributed by atoms with E-state index in [1.165, 1.54) is 0 Å². The van der Waals surface area contributed by atoms with Gasteiger partial charge in [-0.1, -0.05) is 12.1 Å². The summed E-state index contributed by atoms with van der Waals surface area (Å²) >= 11 is 0. The van der Waals surface area contributed by atoms with Gasteiger partial charge in [0.1, 0.15) is 22.8 Å². The number of rotatable bonds is 9. The van der Waals surface area contributed by atoms with Crippen molar-refractivity contribution in [3.8, 4) is 17.2 Å². The number of anilines is 1. The van der Waals surface area contributed by atoms with Crippen LogP contribution in [0.3, 0.4) is 0 Å². The topological polar surface area (TPSA) is 87.0 Å². The average Bonchev–Trinajstić information content (AvgIpc) is 3.21. The second-order valence-corrected chi connectivity index (χ2v) is 7.10. The minimum Gasteiger partial charge on any atom is -0.497 e. The molecule has 168 valence electrons. The molecule has 1 N–H and O–H groups in total. The zero-order valence-electron chi connectivity index (χ0n) is 18.3. The van der Waals surface area contributed by atoms with E-state index in [0.717, 1.165) is 0 Å². The van der Waals surface area contributed by atoms with E-state index in [0.29, 0.717) is 46.1 Å². The van der Waals surface area contributed by atoms with Crippen LogP contribution in [0.15, 0.2) is 77.2 Å². The first-order valence-electron chi connectivity index (χ1n) is 10.4. The smallest absolute Gasteiger partial charge is 0.262 e. The van der Waals surface area contributed by atoms with Crippen molar-refractivity contribution >= 4 is 28.3 Å². The van der Waals surface area contributed by atoms with Crippen LogP contribution in [-0.4, -0.2) is 32.0 Å². The number of carbonyl (C=O) groups is 2. The zero-order chi connectivity index (χ0) is 23.2. The highest BCUT2D eigenvalue weighted by atomic mass is 16.5. The Labute approximate surface area is 190 Å². The lowest BCUT2D eigenvalue weighted by atomic mass is 10.1. The lowest BCUT2D eigenvalue weighted by Crippen LogP contribution is -2.21. The molecule has 1 amide bonds. The number of ether oxygens (including phenoxy) is 3. The number of ketones is 1. The molecular formula is C26H23NO6. The van der Waals surface area contributed by atoms with Gasteiger partial charge >= 0.3 is 0 Å². The van der Waals surface area contributed by atoms with Crippen LogP contribution < -0.4 is 19.5 Å². The number of carbonyl (C=O) groups excluding carboxylic acids is 2. The zero-order valence-corrected chi connectivity index (χ0v) is 18.3. The lowest BCUT2D eigenvalue weighted by molar-refractivity contribution is -0.118.